The van der Waals surface area contributed by atoms with Crippen molar-refractivity contribution < 1.29 is 27.5 Å². The van der Waals surface area contributed by atoms with Gasteiger partial charge in [0, 0.05) is 31.9 Å². The van der Waals surface area contributed by atoms with Crippen molar-refractivity contribution in [3.63, 3.8) is 0 Å². The molecule has 1 aromatic heterocycles. The molecule has 3 heterocycles. The van der Waals surface area contributed by atoms with E-state index in [-0.39, 0.29) is 17.1 Å². The predicted molar refractivity (Wildman–Crippen MR) is 155 cm³/mol. The maximum atomic E-state index is 13.6. The molecule has 11 heteroatoms. The van der Waals surface area contributed by atoms with E-state index in [0.717, 1.165) is 37.9 Å². The Morgan fingerprint density at radius 3 is 2.51 bits per heavy atom. The van der Waals surface area contributed by atoms with E-state index in [0.29, 0.717) is 64.8 Å². The summed E-state index contributed by atoms with van der Waals surface area (Å²) in [5, 5.41) is 3.56. The lowest BCUT2D eigenvalue weighted by Gasteiger charge is -2.30. The minimum atomic E-state index is -3.30. The van der Waals surface area contributed by atoms with Gasteiger partial charge in [0.15, 0.2) is 15.0 Å². The molecule has 2 saturated heterocycles. The molecule has 2 amide bonds. The molecule has 3 fully saturated rings. The van der Waals surface area contributed by atoms with Crippen LogP contribution in [0.5, 0.6) is 10.8 Å². The van der Waals surface area contributed by atoms with Gasteiger partial charge >= 0.3 is 0 Å². The highest BCUT2D eigenvalue weighted by atomic mass is 32.2. The molecule has 1 saturated carbocycles. The zero-order valence-electron chi connectivity index (χ0n) is 22.7. The standard InChI is InChI=1S/C30H33N3O6S2/c34-28(32-30-31-19-27(40-30)39-23-4-1-3-22(18-23)29(35)33-13-2-14-33)26(17-20-11-15-38-16-12-20)21-5-7-24(8-6-21)41(36,37)25-9-10-25/h1,3-8,18-20,25-26H,2,9-17H2,(H,31,32,34)/t26-/m1/s1. The number of hydrogen-bond donors (Lipinski definition) is 1. The fourth-order valence-corrected chi connectivity index (χ4v) is 7.59. The zero-order valence-corrected chi connectivity index (χ0v) is 24.3. The number of carbonyl (C=O) groups is 2. The molecule has 6 rings (SSSR count). The van der Waals surface area contributed by atoms with Crippen LogP contribution in [0.3, 0.4) is 0 Å². The maximum Gasteiger partial charge on any atom is 0.253 e. The molecule has 2 aromatic carbocycles. The highest BCUT2D eigenvalue weighted by Gasteiger charge is 2.37. The molecule has 3 aromatic rings. The largest absolute Gasteiger partial charge is 0.445 e. The third-order valence-corrected chi connectivity index (χ3v) is 11.0. The smallest absolute Gasteiger partial charge is 0.253 e. The van der Waals surface area contributed by atoms with Crippen LogP contribution in [-0.2, 0) is 19.4 Å². The average Bonchev–Trinajstić information content (AvgIpc) is 3.73. The van der Waals surface area contributed by atoms with Crippen LogP contribution < -0.4 is 10.1 Å². The lowest BCUT2D eigenvalue weighted by Crippen LogP contribution is -2.41. The molecule has 1 aliphatic carbocycles. The summed E-state index contributed by atoms with van der Waals surface area (Å²) in [6.07, 6.45) is 6.40. The van der Waals surface area contributed by atoms with E-state index in [1.54, 1.807) is 59.6 Å². The van der Waals surface area contributed by atoms with Crippen molar-refractivity contribution >= 4 is 38.1 Å². The van der Waals surface area contributed by atoms with E-state index < -0.39 is 15.8 Å². The van der Waals surface area contributed by atoms with E-state index in [4.69, 9.17) is 9.47 Å². The van der Waals surface area contributed by atoms with Gasteiger partial charge in [-0.05, 0) is 80.3 Å². The highest BCUT2D eigenvalue weighted by Crippen LogP contribution is 2.36. The summed E-state index contributed by atoms with van der Waals surface area (Å²) in [5.74, 6) is 0.186. The molecule has 1 N–H and O–H groups in total. The van der Waals surface area contributed by atoms with Gasteiger partial charge in [-0.1, -0.05) is 29.5 Å². The second kappa shape index (κ2) is 11.9. The molecule has 0 radical (unpaired) electrons. The van der Waals surface area contributed by atoms with Crippen molar-refractivity contribution in [1.82, 2.24) is 9.88 Å². The van der Waals surface area contributed by atoms with E-state index >= 15 is 0 Å². The second-order valence-corrected chi connectivity index (χ2v) is 14.1. The molecule has 41 heavy (non-hydrogen) atoms. The summed E-state index contributed by atoms with van der Waals surface area (Å²) in [4.78, 5) is 32.6. The molecule has 0 bridgehead atoms. The van der Waals surface area contributed by atoms with Crippen LogP contribution >= 0.6 is 11.3 Å². The van der Waals surface area contributed by atoms with Gasteiger partial charge in [-0.3, -0.25) is 9.59 Å². The summed E-state index contributed by atoms with van der Waals surface area (Å²) >= 11 is 1.21. The Bertz CT molecular complexity index is 1510. The molecular weight excluding hydrogens is 562 g/mol. The van der Waals surface area contributed by atoms with Gasteiger partial charge in [-0.15, -0.1) is 0 Å². The number of nitrogens with one attached hydrogen (secondary N) is 1. The number of hydrogen-bond acceptors (Lipinski definition) is 8. The van der Waals surface area contributed by atoms with Crippen LogP contribution in [0.2, 0.25) is 0 Å². The van der Waals surface area contributed by atoms with Crippen LogP contribution in [0, 0.1) is 5.92 Å². The minimum absolute atomic E-state index is 0.00676. The topological polar surface area (TPSA) is 115 Å². The number of thiazole rings is 1. The summed E-state index contributed by atoms with van der Waals surface area (Å²) in [7, 11) is -3.30. The first-order valence-electron chi connectivity index (χ1n) is 14.1. The fraction of sp³-hybridized carbons (Fsp3) is 0.433. The Hall–Kier alpha value is -3.28. The molecule has 3 aliphatic rings. The molecule has 0 unspecified atom stereocenters. The number of anilines is 1. The van der Waals surface area contributed by atoms with E-state index in [9.17, 15) is 18.0 Å². The Kier molecular flexibility index (Phi) is 8.10. The quantitative estimate of drug-likeness (QED) is 0.340. The van der Waals surface area contributed by atoms with Crippen molar-refractivity contribution in [2.45, 2.75) is 54.6 Å². The number of aromatic nitrogens is 1. The van der Waals surface area contributed by atoms with Crippen LogP contribution in [0.1, 0.15) is 60.4 Å². The number of sulfone groups is 1. The number of likely N-dealkylation sites (tertiary alicyclic amines) is 1. The molecular formula is C30H33N3O6S2. The molecule has 0 spiro atoms. The van der Waals surface area contributed by atoms with Crippen LogP contribution in [0.25, 0.3) is 0 Å². The number of carbonyl (C=O) groups excluding carboxylic acids is 2. The van der Waals surface area contributed by atoms with Crippen molar-refractivity contribution in [3.05, 3.63) is 65.9 Å². The number of rotatable bonds is 10. The fourth-order valence-electron chi connectivity index (χ4n) is 5.24. The Balaban J connectivity index is 1.15. The van der Waals surface area contributed by atoms with E-state index in [2.05, 4.69) is 10.3 Å². The minimum Gasteiger partial charge on any atom is -0.445 e. The Morgan fingerprint density at radius 2 is 1.83 bits per heavy atom. The average molecular weight is 596 g/mol. The summed E-state index contributed by atoms with van der Waals surface area (Å²) in [6.45, 7) is 2.91. The van der Waals surface area contributed by atoms with Gasteiger partial charge in [-0.25, -0.2) is 13.4 Å². The van der Waals surface area contributed by atoms with Crippen LogP contribution in [-0.4, -0.2) is 61.7 Å². The number of ether oxygens (including phenoxy) is 2. The van der Waals surface area contributed by atoms with E-state index in [1.807, 2.05) is 0 Å². The normalized spacial score (nSPS) is 18.4. The van der Waals surface area contributed by atoms with Crippen molar-refractivity contribution in [2.75, 3.05) is 31.6 Å². The second-order valence-electron chi connectivity index (χ2n) is 10.9. The molecule has 2 aliphatic heterocycles. The zero-order chi connectivity index (χ0) is 28.4. The third-order valence-electron chi connectivity index (χ3n) is 7.96. The van der Waals surface area contributed by atoms with Crippen molar-refractivity contribution in [3.8, 4) is 10.8 Å². The first kappa shape index (κ1) is 27.9. The van der Waals surface area contributed by atoms with Crippen LogP contribution in [0.15, 0.2) is 59.6 Å². The maximum absolute atomic E-state index is 13.6. The number of benzene rings is 2. The van der Waals surface area contributed by atoms with Gasteiger partial charge in [0.25, 0.3) is 5.91 Å². The SMILES string of the molecule is O=C(Nc1ncc(Oc2cccc(C(=O)N3CCC3)c2)s1)[C@H](CC1CCOCC1)c1ccc(S(=O)(=O)C2CC2)cc1. The molecule has 1 atom stereocenters. The van der Waals surface area contributed by atoms with Gasteiger partial charge in [0.2, 0.25) is 11.0 Å². The van der Waals surface area contributed by atoms with Crippen molar-refractivity contribution in [1.29, 1.82) is 0 Å². The third kappa shape index (κ3) is 6.47. The summed E-state index contributed by atoms with van der Waals surface area (Å²) < 4.78 is 36.8. The van der Waals surface area contributed by atoms with E-state index in [1.165, 1.54) is 11.3 Å². The summed E-state index contributed by atoms with van der Waals surface area (Å²) in [5.41, 5.74) is 1.35. The van der Waals surface area contributed by atoms with Gasteiger partial charge < -0.3 is 19.7 Å². The lowest BCUT2D eigenvalue weighted by molar-refractivity contribution is -0.118. The molecule has 216 valence electrons. The van der Waals surface area contributed by atoms with Crippen molar-refractivity contribution in [2.24, 2.45) is 5.92 Å². The Labute approximate surface area is 243 Å². The lowest BCUT2D eigenvalue weighted by atomic mass is 9.84. The van der Waals surface area contributed by atoms with Crippen LogP contribution in [0.4, 0.5) is 5.13 Å². The van der Waals surface area contributed by atoms with Gasteiger partial charge in [0.05, 0.1) is 22.3 Å². The monoisotopic (exact) mass is 595 g/mol. The number of nitrogens with zero attached hydrogens (tertiary/aromatic N) is 2. The number of amides is 2. The highest BCUT2D eigenvalue weighted by molar-refractivity contribution is 7.92. The van der Waals surface area contributed by atoms with Gasteiger partial charge in [-0.2, -0.15) is 0 Å². The Morgan fingerprint density at radius 1 is 1.07 bits per heavy atom. The predicted octanol–water partition coefficient (Wildman–Crippen LogP) is 5.26. The van der Waals surface area contributed by atoms with Gasteiger partial charge in [0.1, 0.15) is 5.75 Å². The molecule has 9 nitrogen and oxygen atoms in total. The first-order valence-corrected chi connectivity index (χ1v) is 16.5. The summed E-state index contributed by atoms with van der Waals surface area (Å²) in [6, 6.07) is 13.9. The first-order chi connectivity index (χ1) is 19.9.